The third-order valence-electron chi connectivity index (χ3n) is 4.40. The molecule has 5 heteroatoms. The Labute approximate surface area is 112 Å². The molecule has 1 N–H and O–H groups in total. The maximum Gasteiger partial charge on any atom is 0.291 e. The zero-order valence-electron chi connectivity index (χ0n) is 11.5. The molecule has 0 radical (unpaired) electrons. The van der Waals surface area contributed by atoms with Gasteiger partial charge in [-0.15, -0.1) is 0 Å². The van der Waals surface area contributed by atoms with Crippen LogP contribution in [0.2, 0.25) is 0 Å². The van der Waals surface area contributed by atoms with Crippen LogP contribution in [0.5, 0.6) is 0 Å². The minimum atomic E-state index is -0.423. The number of hydrogen-bond donors (Lipinski definition) is 1. The fourth-order valence-electron chi connectivity index (χ4n) is 3.03. The summed E-state index contributed by atoms with van der Waals surface area (Å²) in [7, 11) is 0. The molecular weight excluding hydrogens is 244 g/mol. The molecule has 2 aliphatic rings. The summed E-state index contributed by atoms with van der Waals surface area (Å²) in [6, 6.07) is 0. The molecule has 0 unspecified atom stereocenters. The van der Waals surface area contributed by atoms with E-state index in [1.165, 1.54) is 0 Å². The number of oxazole rings is 1. The zero-order chi connectivity index (χ0) is 13.6. The van der Waals surface area contributed by atoms with Gasteiger partial charge in [-0.05, 0) is 38.5 Å². The Bertz CT molecular complexity index is 497. The molecule has 1 aliphatic heterocycles. The van der Waals surface area contributed by atoms with Crippen LogP contribution in [0.4, 0.5) is 0 Å². The van der Waals surface area contributed by atoms with Crippen LogP contribution in [-0.2, 0) is 0 Å². The zero-order valence-corrected chi connectivity index (χ0v) is 11.5. The van der Waals surface area contributed by atoms with Crippen molar-refractivity contribution in [2.75, 3.05) is 13.1 Å². The van der Waals surface area contributed by atoms with Crippen LogP contribution in [-0.4, -0.2) is 39.6 Å². The van der Waals surface area contributed by atoms with Gasteiger partial charge in [0.15, 0.2) is 5.89 Å². The molecular formula is C14H20N2O3. The Hall–Kier alpha value is -1.36. The summed E-state index contributed by atoms with van der Waals surface area (Å²) >= 11 is 0. The van der Waals surface area contributed by atoms with Crippen LogP contribution >= 0.6 is 0 Å². The number of nitrogens with zero attached hydrogens (tertiary/aromatic N) is 2. The van der Waals surface area contributed by atoms with Gasteiger partial charge in [0, 0.05) is 20.0 Å². The van der Waals surface area contributed by atoms with Gasteiger partial charge in [0.05, 0.1) is 11.3 Å². The predicted molar refractivity (Wildman–Crippen MR) is 68.8 cm³/mol. The van der Waals surface area contributed by atoms with E-state index in [1.54, 1.807) is 13.8 Å². The molecule has 19 heavy (non-hydrogen) atoms. The predicted octanol–water partition coefficient (Wildman–Crippen LogP) is 1.67. The van der Waals surface area contributed by atoms with Crippen LogP contribution < -0.4 is 0 Å². The molecule has 1 saturated heterocycles. The molecule has 0 atom stereocenters. The molecule has 1 aromatic heterocycles. The molecule has 2 heterocycles. The number of aromatic nitrogens is 1. The summed E-state index contributed by atoms with van der Waals surface area (Å²) in [4.78, 5) is 18.3. The van der Waals surface area contributed by atoms with Crippen molar-refractivity contribution in [1.82, 2.24) is 9.88 Å². The van der Waals surface area contributed by atoms with Crippen molar-refractivity contribution in [3.8, 4) is 0 Å². The summed E-state index contributed by atoms with van der Waals surface area (Å²) in [5.41, 5.74) is 0.235. The van der Waals surface area contributed by atoms with Crippen LogP contribution in [0.1, 0.15) is 47.8 Å². The number of amides is 1. The van der Waals surface area contributed by atoms with Crippen LogP contribution in [0.3, 0.4) is 0 Å². The maximum absolute atomic E-state index is 12.3. The standard InChI is InChI=1S/C14H20N2O3/c1-9-12(19-10(2)15-9)13(17)16-7-3-11(4-8-16)14(18)5-6-14/h11,18H,3-8H2,1-2H3. The highest BCUT2D eigenvalue weighted by Gasteiger charge is 2.48. The Morgan fingerprint density at radius 1 is 1.37 bits per heavy atom. The molecule has 0 bridgehead atoms. The van der Waals surface area contributed by atoms with Crippen molar-refractivity contribution < 1.29 is 14.3 Å². The van der Waals surface area contributed by atoms with Crippen LogP contribution in [0, 0.1) is 19.8 Å². The van der Waals surface area contributed by atoms with Gasteiger partial charge in [-0.3, -0.25) is 4.79 Å². The van der Waals surface area contributed by atoms with E-state index in [1.807, 2.05) is 4.90 Å². The van der Waals surface area contributed by atoms with Crippen molar-refractivity contribution in [2.45, 2.75) is 45.1 Å². The summed E-state index contributed by atoms with van der Waals surface area (Å²) in [5.74, 6) is 1.18. The van der Waals surface area contributed by atoms with Crippen molar-refractivity contribution >= 4 is 5.91 Å². The number of piperidine rings is 1. The van der Waals surface area contributed by atoms with Gasteiger partial charge in [-0.25, -0.2) is 4.98 Å². The van der Waals surface area contributed by atoms with E-state index in [0.29, 0.717) is 36.4 Å². The smallest absolute Gasteiger partial charge is 0.291 e. The minimum Gasteiger partial charge on any atom is -0.436 e. The lowest BCUT2D eigenvalue weighted by Crippen LogP contribution is -2.42. The molecule has 1 aromatic rings. The van der Waals surface area contributed by atoms with Crippen molar-refractivity contribution in [2.24, 2.45) is 5.92 Å². The third kappa shape index (κ3) is 2.27. The normalized spacial score (nSPS) is 22.6. The number of likely N-dealkylation sites (tertiary alicyclic amines) is 1. The van der Waals surface area contributed by atoms with Gasteiger partial charge in [0.2, 0.25) is 5.76 Å². The van der Waals surface area contributed by atoms with Crippen molar-refractivity contribution in [3.05, 3.63) is 17.3 Å². The van der Waals surface area contributed by atoms with Gasteiger partial charge < -0.3 is 14.4 Å². The fourth-order valence-corrected chi connectivity index (χ4v) is 3.03. The number of carbonyl (C=O) groups is 1. The number of aliphatic hydroxyl groups is 1. The largest absolute Gasteiger partial charge is 0.436 e. The minimum absolute atomic E-state index is 0.0701. The van der Waals surface area contributed by atoms with Gasteiger partial charge in [-0.1, -0.05) is 0 Å². The Morgan fingerprint density at radius 2 is 2.00 bits per heavy atom. The first kappa shape index (κ1) is 12.7. The Balaban J connectivity index is 1.65. The van der Waals surface area contributed by atoms with E-state index >= 15 is 0 Å². The van der Waals surface area contributed by atoms with E-state index in [2.05, 4.69) is 4.98 Å². The second-order valence-electron chi connectivity index (χ2n) is 5.82. The third-order valence-corrected chi connectivity index (χ3v) is 4.40. The van der Waals surface area contributed by atoms with Crippen LogP contribution in [0.25, 0.3) is 0 Å². The first-order chi connectivity index (χ1) is 8.99. The molecule has 5 nitrogen and oxygen atoms in total. The molecule has 104 valence electrons. The van der Waals surface area contributed by atoms with Crippen molar-refractivity contribution in [3.63, 3.8) is 0 Å². The molecule has 0 aromatic carbocycles. The topological polar surface area (TPSA) is 66.6 Å². The average molecular weight is 264 g/mol. The highest BCUT2D eigenvalue weighted by molar-refractivity contribution is 5.92. The monoisotopic (exact) mass is 264 g/mol. The van der Waals surface area contributed by atoms with Crippen LogP contribution in [0.15, 0.2) is 4.42 Å². The lowest BCUT2D eigenvalue weighted by Gasteiger charge is -2.34. The highest BCUT2D eigenvalue weighted by Crippen LogP contribution is 2.46. The van der Waals surface area contributed by atoms with Gasteiger partial charge in [0.1, 0.15) is 0 Å². The van der Waals surface area contributed by atoms with E-state index in [4.69, 9.17) is 4.42 Å². The van der Waals surface area contributed by atoms with E-state index < -0.39 is 5.60 Å². The molecule has 1 amide bonds. The second kappa shape index (κ2) is 4.34. The maximum atomic E-state index is 12.3. The lowest BCUT2D eigenvalue weighted by molar-refractivity contribution is 0.0326. The fraction of sp³-hybridized carbons (Fsp3) is 0.714. The number of hydrogen-bond acceptors (Lipinski definition) is 4. The van der Waals surface area contributed by atoms with Gasteiger partial charge in [0.25, 0.3) is 5.91 Å². The summed E-state index contributed by atoms with van der Waals surface area (Å²) in [5, 5.41) is 10.1. The average Bonchev–Trinajstić information content (AvgIpc) is 3.05. The van der Waals surface area contributed by atoms with Crippen molar-refractivity contribution in [1.29, 1.82) is 0 Å². The second-order valence-corrected chi connectivity index (χ2v) is 5.82. The number of aryl methyl sites for hydroxylation is 2. The quantitative estimate of drug-likeness (QED) is 0.882. The molecule has 0 spiro atoms. The molecule has 1 saturated carbocycles. The summed E-state index contributed by atoms with van der Waals surface area (Å²) in [6.45, 7) is 4.94. The first-order valence-electron chi connectivity index (χ1n) is 6.95. The van der Waals surface area contributed by atoms with E-state index in [-0.39, 0.29) is 5.91 Å². The summed E-state index contributed by atoms with van der Waals surface area (Å²) in [6.07, 6.45) is 3.61. The number of rotatable bonds is 2. The number of carbonyl (C=O) groups excluding carboxylic acids is 1. The van der Waals surface area contributed by atoms with E-state index in [9.17, 15) is 9.90 Å². The first-order valence-corrected chi connectivity index (χ1v) is 6.95. The highest BCUT2D eigenvalue weighted by atomic mass is 16.4. The van der Waals surface area contributed by atoms with E-state index in [0.717, 1.165) is 25.7 Å². The molecule has 2 fully saturated rings. The SMILES string of the molecule is Cc1nc(C)c(C(=O)N2CCC(C3(O)CC3)CC2)o1. The Morgan fingerprint density at radius 3 is 2.47 bits per heavy atom. The molecule has 3 rings (SSSR count). The molecule has 1 aliphatic carbocycles. The van der Waals surface area contributed by atoms with Gasteiger partial charge in [-0.2, -0.15) is 0 Å². The summed E-state index contributed by atoms with van der Waals surface area (Å²) < 4.78 is 5.38. The lowest BCUT2D eigenvalue weighted by atomic mass is 9.89. The van der Waals surface area contributed by atoms with Gasteiger partial charge >= 0.3 is 0 Å². The Kier molecular flexibility index (Phi) is 2.89.